The minimum absolute atomic E-state index is 0.306. The molecule has 0 bridgehead atoms. The minimum atomic E-state index is 0.306. The van der Waals surface area contributed by atoms with Gasteiger partial charge < -0.3 is 15.5 Å². The van der Waals surface area contributed by atoms with E-state index in [1.54, 1.807) is 0 Å². The molecule has 100 valence electrons. The molecule has 18 heavy (non-hydrogen) atoms. The molecule has 1 aromatic rings. The molecule has 1 aliphatic heterocycles. The minimum Gasteiger partial charge on any atom is -0.368 e. The zero-order valence-corrected chi connectivity index (χ0v) is 11.8. The van der Waals surface area contributed by atoms with Crippen molar-refractivity contribution in [3.05, 3.63) is 0 Å². The van der Waals surface area contributed by atoms with Crippen LogP contribution >= 0.6 is 11.8 Å². The summed E-state index contributed by atoms with van der Waals surface area (Å²) in [6.07, 6.45) is 0. The van der Waals surface area contributed by atoms with Crippen molar-refractivity contribution >= 4 is 29.6 Å². The van der Waals surface area contributed by atoms with Crippen LogP contribution in [0.3, 0.4) is 0 Å². The molecule has 0 radical (unpaired) electrons. The SMILES string of the molecule is CCN(CC)c1nc(N)nc(N2CCSCC2)n1. The second kappa shape index (κ2) is 6.08. The van der Waals surface area contributed by atoms with Crippen LogP contribution in [0, 0.1) is 0 Å². The van der Waals surface area contributed by atoms with Crippen LogP contribution in [0.5, 0.6) is 0 Å². The fourth-order valence-electron chi connectivity index (χ4n) is 1.92. The van der Waals surface area contributed by atoms with E-state index in [0.29, 0.717) is 17.8 Å². The van der Waals surface area contributed by atoms with Gasteiger partial charge in [-0.1, -0.05) is 0 Å². The predicted molar refractivity (Wildman–Crippen MR) is 77.3 cm³/mol. The molecule has 7 heteroatoms. The smallest absolute Gasteiger partial charge is 0.232 e. The molecule has 0 amide bonds. The quantitative estimate of drug-likeness (QED) is 0.868. The van der Waals surface area contributed by atoms with E-state index in [2.05, 4.69) is 38.6 Å². The monoisotopic (exact) mass is 268 g/mol. The van der Waals surface area contributed by atoms with E-state index in [1.165, 1.54) is 0 Å². The topological polar surface area (TPSA) is 71.2 Å². The molecule has 0 aromatic carbocycles. The molecule has 1 fully saturated rings. The third-order valence-corrected chi connectivity index (χ3v) is 3.91. The third kappa shape index (κ3) is 2.95. The van der Waals surface area contributed by atoms with Gasteiger partial charge in [0, 0.05) is 37.7 Å². The van der Waals surface area contributed by atoms with Crippen LogP contribution in [0.25, 0.3) is 0 Å². The Bertz CT molecular complexity index is 389. The van der Waals surface area contributed by atoms with Crippen LogP contribution in [0.15, 0.2) is 0 Å². The number of aromatic nitrogens is 3. The van der Waals surface area contributed by atoms with Crippen molar-refractivity contribution in [2.75, 3.05) is 53.2 Å². The summed E-state index contributed by atoms with van der Waals surface area (Å²) in [6, 6.07) is 0. The second-order valence-electron chi connectivity index (χ2n) is 4.07. The third-order valence-electron chi connectivity index (χ3n) is 2.97. The van der Waals surface area contributed by atoms with Crippen LogP contribution in [0.4, 0.5) is 17.8 Å². The Morgan fingerprint density at radius 3 is 2.44 bits per heavy atom. The highest BCUT2D eigenvalue weighted by Gasteiger charge is 2.17. The van der Waals surface area contributed by atoms with E-state index in [-0.39, 0.29) is 0 Å². The number of hydrogen-bond acceptors (Lipinski definition) is 7. The maximum Gasteiger partial charge on any atom is 0.232 e. The van der Waals surface area contributed by atoms with Crippen LogP contribution in [-0.4, -0.2) is 52.6 Å². The zero-order chi connectivity index (χ0) is 13.0. The summed E-state index contributed by atoms with van der Waals surface area (Å²) in [5.41, 5.74) is 5.79. The van der Waals surface area contributed by atoms with Gasteiger partial charge in [0.25, 0.3) is 0 Å². The van der Waals surface area contributed by atoms with Gasteiger partial charge in [-0.15, -0.1) is 0 Å². The maximum absolute atomic E-state index is 5.79. The van der Waals surface area contributed by atoms with Gasteiger partial charge in [0.15, 0.2) is 0 Å². The number of nitrogens with zero attached hydrogens (tertiary/aromatic N) is 5. The fraction of sp³-hybridized carbons (Fsp3) is 0.727. The van der Waals surface area contributed by atoms with Gasteiger partial charge in [-0.2, -0.15) is 26.7 Å². The number of hydrogen-bond donors (Lipinski definition) is 1. The molecule has 1 aromatic heterocycles. The summed E-state index contributed by atoms with van der Waals surface area (Å²) in [5.74, 6) is 3.93. The number of nitrogen functional groups attached to an aromatic ring is 1. The molecule has 0 aliphatic carbocycles. The normalized spacial score (nSPS) is 15.8. The van der Waals surface area contributed by atoms with Gasteiger partial charge in [0.05, 0.1) is 0 Å². The van der Waals surface area contributed by atoms with E-state index in [1.807, 2.05) is 11.8 Å². The molecular formula is C11H20N6S. The van der Waals surface area contributed by atoms with Crippen molar-refractivity contribution in [2.24, 2.45) is 0 Å². The van der Waals surface area contributed by atoms with Crippen LogP contribution in [0.1, 0.15) is 13.8 Å². The molecule has 6 nitrogen and oxygen atoms in total. The lowest BCUT2D eigenvalue weighted by Gasteiger charge is -2.27. The highest BCUT2D eigenvalue weighted by Crippen LogP contribution is 2.18. The predicted octanol–water partition coefficient (Wildman–Crippen LogP) is 0.853. The highest BCUT2D eigenvalue weighted by molar-refractivity contribution is 7.99. The molecule has 0 spiro atoms. The summed E-state index contributed by atoms with van der Waals surface area (Å²) in [7, 11) is 0. The Labute approximate surface area is 112 Å². The van der Waals surface area contributed by atoms with Gasteiger partial charge in [0.2, 0.25) is 17.8 Å². The molecule has 0 saturated carbocycles. The maximum atomic E-state index is 5.79. The van der Waals surface area contributed by atoms with Crippen molar-refractivity contribution in [3.8, 4) is 0 Å². The van der Waals surface area contributed by atoms with Crippen molar-refractivity contribution < 1.29 is 0 Å². The molecule has 2 heterocycles. The number of rotatable bonds is 4. The first-order valence-electron chi connectivity index (χ1n) is 6.33. The highest BCUT2D eigenvalue weighted by atomic mass is 32.2. The van der Waals surface area contributed by atoms with E-state index in [9.17, 15) is 0 Å². The van der Waals surface area contributed by atoms with Crippen LogP contribution < -0.4 is 15.5 Å². The summed E-state index contributed by atoms with van der Waals surface area (Å²) in [5, 5.41) is 0. The molecule has 2 rings (SSSR count). The van der Waals surface area contributed by atoms with Crippen LogP contribution in [-0.2, 0) is 0 Å². The molecule has 0 unspecified atom stereocenters. The average molecular weight is 268 g/mol. The van der Waals surface area contributed by atoms with Crippen LogP contribution in [0.2, 0.25) is 0 Å². The van der Waals surface area contributed by atoms with Crippen molar-refractivity contribution in [2.45, 2.75) is 13.8 Å². The largest absolute Gasteiger partial charge is 0.368 e. The van der Waals surface area contributed by atoms with Crippen molar-refractivity contribution in [1.82, 2.24) is 15.0 Å². The first-order chi connectivity index (χ1) is 8.74. The Morgan fingerprint density at radius 1 is 1.17 bits per heavy atom. The van der Waals surface area contributed by atoms with Crippen molar-refractivity contribution in [3.63, 3.8) is 0 Å². The first-order valence-corrected chi connectivity index (χ1v) is 7.49. The molecular weight excluding hydrogens is 248 g/mol. The summed E-state index contributed by atoms with van der Waals surface area (Å²) < 4.78 is 0. The zero-order valence-electron chi connectivity index (χ0n) is 11.0. The molecule has 1 aliphatic rings. The standard InChI is InChI=1S/C11H20N6S/c1-3-16(4-2)10-13-9(12)14-11(15-10)17-5-7-18-8-6-17/h3-8H2,1-2H3,(H2,12,13,14,15). The Balaban J connectivity index is 2.24. The Kier molecular flexibility index (Phi) is 4.46. The lowest BCUT2D eigenvalue weighted by molar-refractivity contribution is 0.777. The van der Waals surface area contributed by atoms with E-state index < -0.39 is 0 Å². The lowest BCUT2D eigenvalue weighted by Crippen LogP contribution is -2.35. The lowest BCUT2D eigenvalue weighted by atomic mass is 10.5. The van der Waals surface area contributed by atoms with E-state index in [0.717, 1.165) is 37.7 Å². The van der Waals surface area contributed by atoms with Gasteiger partial charge in [-0.25, -0.2) is 0 Å². The van der Waals surface area contributed by atoms with Gasteiger partial charge >= 0.3 is 0 Å². The molecule has 1 saturated heterocycles. The van der Waals surface area contributed by atoms with Gasteiger partial charge in [-0.05, 0) is 13.8 Å². The van der Waals surface area contributed by atoms with Crippen molar-refractivity contribution in [1.29, 1.82) is 0 Å². The van der Waals surface area contributed by atoms with E-state index >= 15 is 0 Å². The number of thioether (sulfide) groups is 1. The second-order valence-corrected chi connectivity index (χ2v) is 5.29. The van der Waals surface area contributed by atoms with Gasteiger partial charge in [-0.3, -0.25) is 0 Å². The van der Waals surface area contributed by atoms with Gasteiger partial charge in [0.1, 0.15) is 0 Å². The number of nitrogens with two attached hydrogens (primary N) is 1. The summed E-state index contributed by atoms with van der Waals surface area (Å²) >= 11 is 1.96. The number of anilines is 3. The Morgan fingerprint density at radius 2 is 1.83 bits per heavy atom. The molecule has 2 N–H and O–H groups in total. The van der Waals surface area contributed by atoms with E-state index in [4.69, 9.17) is 5.73 Å². The Hall–Kier alpha value is -1.24. The molecule has 0 atom stereocenters. The summed E-state index contributed by atoms with van der Waals surface area (Å²) in [6.45, 7) is 7.86. The first kappa shape index (κ1) is 13.2. The fourth-order valence-corrected chi connectivity index (χ4v) is 2.83. The summed E-state index contributed by atoms with van der Waals surface area (Å²) in [4.78, 5) is 17.3. The average Bonchev–Trinajstić information content (AvgIpc) is 2.40.